The number of hydrogen-bond donors (Lipinski definition) is 1. The van der Waals surface area contributed by atoms with E-state index in [0.29, 0.717) is 22.7 Å². The molecule has 2 aromatic rings. The van der Waals surface area contributed by atoms with Crippen molar-refractivity contribution < 1.29 is 23.9 Å². The van der Waals surface area contributed by atoms with Crippen molar-refractivity contribution in [1.29, 1.82) is 0 Å². The molecule has 0 spiro atoms. The van der Waals surface area contributed by atoms with Gasteiger partial charge in [-0.15, -0.1) is 0 Å². The van der Waals surface area contributed by atoms with Crippen LogP contribution in [-0.4, -0.2) is 31.1 Å². The molecular formula is C24H25ClN2O5. The predicted octanol–water partition coefficient (Wildman–Crippen LogP) is 4.75. The highest BCUT2D eigenvalue weighted by molar-refractivity contribution is 6.39. The van der Waals surface area contributed by atoms with Gasteiger partial charge in [-0.3, -0.25) is 14.9 Å². The highest BCUT2D eigenvalue weighted by Crippen LogP contribution is 2.38. The number of amides is 4. The number of carbonyl (C=O) groups is 3. The number of imide groups is 2. The summed E-state index contributed by atoms with van der Waals surface area (Å²) in [6, 6.07) is 9.40. The van der Waals surface area contributed by atoms with Crippen molar-refractivity contribution in [3.8, 4) is 11.5 Å². The summed E-state index contributed by atoms with van der Waals surface area (Å²) in [4.78, 5) is 38.9. The Kier molecular flexibility index (Phi) is 7.20. The summed E-state index contributed by atoms with van der Waals surface area (Å²) in [7, 11) is 1.48. The number of urea groups is 1. The van der Waals surface area contributed by atoms with Gasteiger partial charge < -0.3 is 9.47 Å². The topological polar surface area (TPSA) is 84.9 Å². The summed E-state index contributed by atoms with van der Waals surface area (Å²) < 4.78 is 11.2. The lowest BCUT2D eigenvalue weighted by Crippen LogP contribution is -2.54. The molecule has 1 aliphatic heterocycles. The van der Waals surface area contributed by atoms with Crippen molar-refractivity contribution in [3.63, 3.8) is 0 Å². The number of barbiturate groups is 1. The van der Waals surface area contributed by atoms with Crippen molar-refractivity contribution in [2.45, 2.75) is 39.7 Å². The zero-order valence-electron chi connectivity index (χ0n) is 18.4. The van der Waals surface area contributed by atoms with Crippen molar-refractivity contribution >= 4 is 41.2 Å². The first-order valence-corrected chi connectivity index (χ1v) is 10.7. The normalized spacial score (nSPS) is 16.2. The minimum Gasteiger partial charge on any atom is -0.493 e. The van der Waals surface area contributed by atoms with Gasteiger partial charge >= 0.3 is 6.03 Å². The molecule has 1 saturated heterocycles. The summed E-state index contributed by atoms with van der Waals surface area (Å²) >= 11 is 6.40. The maximum Gasteiger partial charge on any atom is 0.335 e. The van der Waals surface area contributed by atoms with Gasteiger partial charge in [-0.2, -0.15) is 0 Å². The van der Waals surface area contributed by atoms with E-state index >= 15 is 0 Å². The number of benzene rings is 2. The zero-order valence-corrected chi connectivity index (χ0v) is 19.2. The lowest BCUT2D eigenvalue weighted by atomic mass is 10.1. The molecule has 0 aliphatic carbocycles. The van der Waals surface area contributed by atoms with E-state index in [1.54, 1.807) is 24.3 Å². The third kappa shape index (κ3) is 4.78. The Morgan fingerprint density at radius 2 is 1.81 bits per heavy atom. The van der Waals surface area contributed by atoms with Gasteiger partial charge in [0.25, 0.3) is 11.8 Å². The molecule has 32 heavy (non-hydrogen) atoms. The summed E-state index contributed by atoms with van der Waals surface area (Å²) in [5, 5.41) is 2.50. The minimum absolute atomic E-state index is 0.0741. The fourth-order valence-corrected chi connectivity index (χ4v) is 3.43. The lowest BCUT2D eigenvalue weighted by Gasteiger charge is -2.26. The van der Waals surface area contributed by atoms with Crippen LogP contribution in [0.25, 0.3) is 6.08 Å². The number of hydrogen-bond acceptors (Lipinski definition) is 5. The van der Waals surface area contributed by atoms with Crippen LogP contribution in [0, 0.1) is 0 Å². The molecule has 1 fully saturated rings. The van der Waals surface area contributed by atoms with Gasteiger partial charge in [-0.25, -0.2) is 9.69 Å². The molecule has 1 heterocycles. The molecule has 0 aromatic heterocycles. The van der Waals surface area contributed by atoms with E-state index in [1.807, 2.05) is 32.9 Å². The number of ether oxygens (including phenoxy) is 2. The van der Waals surface area contributed by atoms with Crippen LogP contribution in [0.1, 0.15) is 38.3 Å². The Morgan fingerprint density at radius 1 is 1.12 bits per heavy atom. The Hall–Kier alpha value is -3.32. The first-order valence-electron chi connectivity index (χ1n) is 10.3. The quantitative estimate of drug-likeness (QED) is 0.480. The predicted molar refractivity (Wildman–Crippen MR) is 123 cm³/mol. The third-order valence-corrected chi connectivity index (χ3v) is 5.44. The van der Waals surface area contributed by atoms with E-state index in [1.165, 1.54) is 13.2 Å². The smallest absolute Gasteiger partial charge is 0.335 e. The van der Waals surface area contributed by atoms with Gasteiger partial charge in [-0.1, -0.05) is 37.6 Å². The molecule has 4 amide bonds. The van der Waals surface area contributed by atoms with E-state index in [0.717, 1.165) is 23.3 Å². The van der Waals surface area contributed by atoms with Crippen LogP contribution in [0.4, 0.5) is 10.5 Å². The molecule has 1 N–H and O–H groups in total. The molecule has 8 heteroatoms. The van der Waals surface area contributed by atoms with Gasteiger partial charge in [0.2, 0.25) is 0 Å². The van der Waals surface area contributed by atoms with Crippen LogP contribution in [0.5, 0.6) is 11.5 Å². The number of methoxy groups -OCH3 is 1. The zero-order chi connectivity index (χ0) is 23.4. The van der Waals surface area contributed by atoms with Crippen LogP contribution in [0.3, 0.4) is 0 Å². The Morgan fingerprint density at radius 3 is 2.41 bits per heavy atom. The first-order chi connectivity index (χ1) is 15.3. The fraction of sp³-hybridized carbons (Fsp3) is 0.292. The molecule has 1 unspecified atom stereocenters. The van der Waals surface area contributed by atoms with Crippen LogP contribution >= 0.6 is 11.6 Å². The largest absolute Gasteiger partial charge is 0.493 e. The van der Waals surface area contributed by atoms with E-state index < -0.39 is 17.8 Å². The molecule has 168 valence electrons. The molecule has 3 rings (SSSR count). The fourth-order valence-electron chi connectivity index (χ4n) is 3.16. The Labute approximate surface area is 191 Å². The highest BCUT2D eigenvalue weighted by Gasteiger charge is 2.36. The van der Waals surface area contributed by atoms with Gasteiger partial charge in [0.15, 0.2) is 11.5 Å². The number of carbonyl (C=O) groups excluding carboxylic acids is 3. The lowest BCUT2D eigenvalue weighted by molar-refractivity contribution is -0.122. The maximum absolute atomic E-state index is 13.1. The molecule has 1 aliphatic rings. The third-order valence-electron chi connectivity index (χ3n) is 5.16. The standard InChI is InChI=1S/C24H25ClN2O5/c1-5-14(3)32-21-19(25)12-16(13-20(21)31-4)11-18-22(28)26-24(30)27(23(18)29)17-9-7-15(6-2)8-10-17/h7-14H,5-6H2,1-4H3,(H,26,28,30). The highest BCUT2D eigenvalue weighted by atomic mass is 35.5. The second-order valence-corrected chi connectivity index (χ2v) is 7.76. The number of nitrogens with one attached hydrogen (secondary N) is 1. The molecule has 0 bridgehead atoms. The van der Waals surface area contributed by atoms with Crippen LogP contribution < -0.4 is 19.7 Å². The Bertz CT molecular complexity index is 1080. The van der Waals surface area contributed by atoms with Crippen LogP contribution in [0.2, 0.25) is 5.02 Å². The van der Waals surface area contributed by atoms with Gasteiger partial charge in [0.05, 0.1) is 23.9 Å². The molecule has 0 radical (unpaired) electrons. The van der Waals surface area contributed by atoms with Crippen LogP contribution in [0.15, 0.2) is 42.0 Å². The molecule has 7 nitrogen and oxygen atoms in total. The van der Waals surface area contributed by atoms with Crippen LogP contribution in [-0.2, 0) is 16.0 Å². The van der Waals surface area contributed by atoms with Gasteiger partial charge in [-0.05, 0) is 61.2 Å². The number of anilines is 1. The van der Waals surface area contributed by atoms with Crippen molar-refractivity contribution in [3.05, 3.63) is 58.1 Å². The summed E-state index contributed by atoms with van der Waals surface area (Å²) in [5.41, 5.74) is 1.69. The van der Waals surface area contributed by atoms with Crippen molar-refractivity contribution in [2.75, 3.05) is 12.0 Å². The number of nitrogens with zero attached hydrogens (tertiary/aromatic N) is 1. The average Bonchev–Trinajstić information content (AvgIpc) is 2.78. The molecule has 0 saturated carbocycles. The first kappa shape index (κ1) is 23.3. The number of rotatable bonds is 7. The molecule has 1 atom stereocenters. The van der Waals surface area contributed by atoms with Gasteiger partial charge in [0, 0.05) is 0 Å². The Balaban J connectivity index is 1.99. The van der Waals surface area contributed by atoms with E-state index in [2.05, 4.69) is 5.32 Å². The summed E-state index contributed by atoms with van der Waals surface area (Å²) in [6.45, 7) is 5.90. The van der Waals surface area contributed by atoms with E-state index in [-0.39, 0.29) is 16.7 Å². The number of halogens is 1. The maximum atomic E-state index is 13.1. The van der Waals surface area contributed by atoms with E-state index in [4.69, 9.17) is 21.1 Å². The van der Waals surface area contributed by atoms with Gasteiger partial charge in [0.1, 0.15) is 5.57 Å². The second-order valence-electron chi connectivity index (χ2n) is 7.35. The van der Waals surface area contributed by atoms with Crippen molar-refractivity contribution in [1.82, 2.24) is 5.32 Å². The monoisotopic (exact) mass is 456 g/mol. The molecular weight excluding hydrogens is 432 g/mol. The number of aryl methyl sites for hydroxylation is 1. The summed E-state index contributed by atoms with van der Waals surface area (Å²) in [6.07, 6.45) is 2.90. The summed E-state index contributed by atoms with van der Waals surface area (Å²) in [5.74, 6) is -0.747. The SMILES string of the molecule is CCc1ccc(N2C(=O)NC(=O)C(=Cc3cc(Cl)c(OC(C)CC)c(OC)c3)C2=O)cc1. The van der Waals surface area contributed by atoms with Crippen molar-refractivity contribution in [2.24, 2.45) is 0 Å². The minimum atomic E-state index is -0.797. The molecule has 2 aromatic carbocycles. The van der Waals surface area contributed by atoms with E-state index in [9.17, 15) is 14.4 Å². The average molecular weight is 457 g/mol. The second kappa shape index (κ2) is 9.87.